The van der Waals surface area contributed by atoms with Gasteiger partial charge in [-0.2, -0.15) is 0 Å². The molecule has 0 aromatic heterocycles. The number of ether oxygens (including phenoxy) is 1. The average Bonchev–Trinajstić information content (AvgIpc) is 2.76. The molecule has 0 saturated carbocycles. The van der Waals surface area contributed by atoms with E-state index < -0.39 is 11.7 Å². The molecule has 30 heavy (non-hydrogen) atoms. The van der Waals surface area contributed by atoms with Gasteiger partial charge in [-0.15, -0.1) is 0 Å². The van der Waals surface area contributed by atoms with Crippen LogP contribution < -0.4 is 5.73 Å². The summed E-state index contributed by atoms with van der Waals surface area (Å²) < 4.78 is 5.73. The van der Waals surface area contributed by atoms with E-state index in [2.05, 4.69) is 0 Å². The molecule has 2 N–H and O–H groups in total. The molecular formula is C25H19NO4. The highest BCUT2D eigenvalue weighted by Crippen LogP contribution is 2.42. The molecule has 1 atom stereocenters. The maximum Gasteiger partial charge on any atom is 0.405 e. The fourth-order valence-corrected chi connectivity index (χ4v) is 4.20. The third kappa shape index (κ3) is 3.01. The van der Waals surface area contributed by atoms with Gasteiger partial charge in [0.25, 0.3) is 0 Å². The molecule has 4 aromatic rings. The quantitative estimate of drug-likeness (QED) is 0.481. The first-order valence-corrected chi connectivity index (χ1v) is 9.43. The number of primary amides is 1. The van der Waals surface area contributed by atoms with E-state index in [-0.39, 0.29) is 0 Å². The Morgan fingerprint density at radius 1 is 0.800 bits per heavy atom. The van der Waals surface area contributed by atoms with E-state index in [0.29, 0.717) is 22.3 Å². The number of benzene rings is 4. The van der Waals surface area contributed by atoms with Crippen LogP contribution in [0.5, 0.6) is 0 Å². The van der Waals surface area contributed by atoms with Gasteiger partial charge in [0, 0.05) is 22.3 Å². The minimum Gasteiger partial charge on any atom is -0.433 e. The molecule has 0 bridgehead atoms. The molecule has 0 fully saturated rings. The van der Waals surface area contributed by atoms with Gasteiger partial charge in [-0.05, 0) is 28.5 Å². The second-order valence-corrected chi connectivity index (χ2v) is 7.19. The Morgan fingerprint density at radius 3 is 2.07 bits per heavy atom. The third-order valence-corrected chi connectivity index (χ3v) is 5.47. The van der Waals surface area contributed by atoms with E-state index in [9.17, 15) is 14.4 Å². The average molecular weight is 397 g/mol. The summed E-state index contributed by atoms with van der Waals surface area (Å²) in [6.07, 6.45) is 0.560. The van der Waals surface area contributed by atoms with E-state index >= 15 is 0 Å². The van der Waals surface area contributed by atoms with Crippen molar-refractivity contribution in [2.45, 2.75) is 12.5 Å². The van der Waals surface area contributed by atoms with Crippen molar-refractivity contribution in [3.63, 3.8) is 0 Å². The van der Waals surface area contributed by atoms with E-state index in [1.54, 1.807) is 25.1 Å². The first kappa shape index (κ1) is 19.3. The number of hydrogen-bond acceptors (Lipinski definition) is 4. The van der Waals surface area contributed by atoms with Crippen molar-refractivity contribution in [3.05, 3.63) is 95.1 Å². The molecule has 0 aliphatic rings. The van der Waals surface area contributed by atoms with E-state index in [1.165, 1.54) is 0 Å². The molecular weight excluding hydrogens is 378 g/mol. The van der Waals surface area contributed by atoms with Crippen molar-refractivity contribution < 1.29 is 19.1 Å². The van der Waals surface area contributed by atoms with Crippen LogP contribution in [0.2, 0.25) is 0 Å². The molecule has 0 radical (unpaired) electrons. The predicted molar refractivity (Wildman–Crippen MR) is 116 cm³/mol. The summed E-state index contributed by atoms with van der Waals surface area (Å²) in [5, 5.41) is 3.12. The molecule has 4 rings (SSSR count). The SMILES string of the molecule is CC(OC(N)=O)(c1c(C=O)ccc2ccccc12)c1ccc(C=O)c2ccccc12. The molecule has 0 aliphatic heterocycles. The number of aldehydes is 2. The van der Waals surface area contributed by atoms with E-state index in [1.807, 2.05) is 54.6 Å². The molecule has 0 aliphatic carbocycles. The van der Waals surface area contributed by atoms with Gasteiger partial charge in [-0.3, -0.25) is 9.59 Å². The summed E-state index contributed by atoms with van der Waals surface area (Å²) in [4.78, 5) is 35.5. The van der Waals surface area contributed by atoms with Crippen molar-refractivity contribution in [2.75, 3.05) is 0 Å². The van der Waals surface area contributed by atoms with Crippen LogP contribution in [0.3, 0.4) is 0 Å². The largest absolute Gasteiger partial charge is 0.433 e. The second-order valence-electron chi connectivity index (χ2n) is 7.19. The summed E-state index contributed by atoms with van der Waals surface area (Å²) in [5.41, 5.74) is 6.19. The lowest BCUT2D eigenvalue weighted by atomic mass is 9.79. The molecule has 5 heteroatoms. The fourth-order valence-electron chi connectivity index (χ4n) is 4.20. The number of carbonyl (C=O) groups excluding carboxylic acids is 3. The Bertz CT molecular complexity index is 1310. The van der Waals surface area contributed by atoms with Crippen molar-refractivity contribution in [3.8, 4) is 0 Å². The van der Waals surface area contributed by atoms with Crippen LogP contribution in [0, 0.1) is 0 Å². The van der Waals surface area contributed by atoms with Crippen LogP contribution in [0.15, 0.2) is 72.8 Å². The van der Waals surface area contributed by atoms with Gasteiger partial charge in [0.05, 0.1) is 0 Å². The Balaban J connectivity index is 2.16. The Kier molecular flexibility index (Phi) is 4.80. The van der Waals surface area contributed by atoms with Gasteiger partial charge in [-0.1, -0.05) is 72.8 Å². The van der Waals surface area contributed by atoms with Crippen LogP contribution in [0.1, 0.15) is 38.8 Å². The van der Waals surface area contributed by atoms with E-state index in [4.69, 9.17) is 10.5 Å². The van der Waals surface area contributed by atoms with Crippen LogP contribution in [0.25, 0.3) is 21.5 Å². The molecule has 0 spiro atoms. The molecule has 5 nitrogen and oxygen atoms in total. The van der Waals surface area contributed by atoms with Crippen molar-refractivity contribution in [2.24, 2.45) is 5.73 Å². The summed E-state index contributed by atoms with van der Waals surface area (Å²) in [7, 11) is 0. The zero-order valence-corrected chi connectivity index (χ0v) is 16.3. The highest BCUT2D eigenvalue weighted by atomic mass is 16.6. The predicted octanol–water partition coefficient (Wildman–Crippen LogP) is 4.98. The second kappa shape index (κ2) is 7.44. The van der Waals surface area contributed by atoms with Gasteiger partial charge >= 0.3 is 6.09 Å². The van der Waals surface area contributed by atoms with Crippen molar-refractivity contribution in [1.29, 1.82) is 0 Å². The first-order valence-electron chi connectivity index (χ1n) is 9.43. The Hall–Kier alpha value is -3.99. The number of nitrogens with two attached hydrogens (primary N) is 1. The summed E-state index contributed by atoms with van der Waals surface area (Å²) in [6, 6.07) is 21.9. The number of rotatable bonds is 5. The van der Waals surface area contributed by atoms with Crippen molar-refractivity contribution >= 4 is 40.2 Å². The summed E-state index contributed by atoms with van der Waals surface area (Å²) >= 11 is 0. The number of fused-ring (bicyclic) bond motifs is 2. The van der Waals surface area contributed by atoms with Gasteiger partial charge in [-0.25, -0.2) is 4.79 Å². The monoisotopic (exact) mass is 397 g/mol. The standard InChI is InChI=1S/C25H19NO4/c1-25(30-24(26)29,22-13-12-17(14-27)19-7-4-5-9-21(19)22)23-18(15-28)11-10-16-6-2-3-8-20(16)23/h2-15H,1H3,(H2,26,29). The van der Waals surface area contributed by atoms with Gasteiger partial charge in [0.15, 0.2) is 18.2 Å². The third-order valence-electron chi connectivity index (χ3n) is 5.47. The fraction of sp³-hybridized carbons (Fsp3) is 0.0800. The minimum absolute atomic E-state index is 0.390. The zero-order chi connectivity index (χ0) is 21.3. The summed E-state index contributed by atoms with van der Waals surface area (Å²) in [6.45, 7) is 1.72. The topological polar surface area (TPSA) is 86.5 Å². The molecule has 4 aromatic carbocycles. The molecule has 1 amide bonds. The number of amides is 1. The first-order chi connectivity index (χ1) is 14.5. The Morgan fingerprint density at radius 2 is 1.40 bits per heavy atom. The normalized spacial score (nSPS) is 13.0. The number of hydrogen-bond donors (Lipinski definition) is 1. The molecule has 0 saturated heterocycles. The zero-order valence-electron chi connectivity index (χ0n) is 16.3. The molecule has 148 valence electrons. The Labute approximate surface area is 173 Å². The minimum atomic E-state index is -1.37. The highest BCUT2D eigenvalue weighted by molar-refractivity contribution is 6.01. The maximum absolute atomic E-state index is 12.0. The van der Waals surface area contributed by atoms with Gasteiger partial charge in [0.1, 0.15) is 0 Å². The van der Waals surface area contributed by atoms with Crippen molar-refractivity contribution in [1.82, 2.24) is 0 Å². The number of carbonyl (C=O) groups is 3. The lowest BCUT2D eigenvalue weighted by Gasteiger charge is -2.33. The van der Waals surface area contributed by atoms with Gasteiger partial charge in [0.2, 0.25) is 0 Å². The lowest BCUT2D eigenvalue weighted by molar-refractivity contribution is 0.0608. The van der Waals surface area contributed by atoms with Gasteiger partial charge < -0.3 is 10.5 Å². The van der Waals surface area contributed by atoms with Crippen LogP contribution >= 0.6 is 0 Å². The lowest BCUT2D eigenvalue weighted by Crippen LogP contribution is -2.34. The maximum atomic E-state index is 12.0. The summed E-state index contributed by atoms with van der Waals surface area (Å²) in [5.74, 6) is 0. The smallest absolute Gasteiger partial charge is 0.405 e. The van der Waals surface area contributed by atoms with E-state index in [0.717, 1.165) is 34.1 Å². The van der Waals surface area contributed by atoms with Crippen LogP contribution in [0.4, 0.5) is 4.79 Å². The van der Waals surface area contributed by atoms with Crippen LogP contribution in [-0.4, -0.2) is 18.7 Å². The molecule has 1 unspecified atom stereocenters. The molecule has 0 heterocycles. The van der Waals surface area contributed by atoms with Crippen LogP contribution in [-0.2, 0) is 10.3 Å². The highest BCUT2D eigenvalue weighted by Gasteiger charge is 2.38.